The molecule has 0 rings (SSSR count). The predicted molar refractivity (Wildman–Crippen MR) is 51.5 cm³/mol. The molecule has 0 aliphatic carbocycles. The van der Waals surface area contributed by atoms with Crippen LogP contribution in [0, 0.1) is 6.58 Å². The van der Waals surface area contributed by atoms with E-state index < -0.39 is 0 Å². The molecule has 0 amide bonds. The van der Waals surface area contributed by atoms with Crippen molar-refractivity contribution in [3.05, 3.63) is 12.7 Å². The highest BCUT2D eigenvalue weighted by atomic mass is 13.9. The normalized spacial score (nSPS) is 9.91. The maximum atomic E-state index is 5.27. The van der Waals surface area contributed by atoms with Gasteiger partial charge in [-0.3, -0.25) is 0 Å². The highest BCUT2D eigenvalue weighted by Gasteiger charge is 1.88. The van der Waals surface area contributed by atoms with Gasteiger partial charge in [0.2, 0.25) is 0 Å². The van der Waals surface area contributed by atoms with E-state index in [0.29, 0.717) is 0 Å². The Morgan fingerprint density at radius 3 is 2.00 bits per heavy atom. The predicted octanol–water partition coefficient (Wildman–Crippen LogP) is 4.12. The van der Waals surface area contributed by atoms with Crippen LogP contribution in [0.15, 0.2) is 6.08 Å². The van der Waals surface area contributed by atoms with Crippen LogP contribution in [0.1, 0.15) is 58.3 Å². The average molecular weight is 153 g/mol. The molecule has 65 valence electrons. The summed E-state index contributed by atoms with van der Waals surface area (Å²) in [4.78, 5) is 0. The van der Waals surface area contributed by atoms with Crippen molar-refractivity contribution in [3.8, 4) is 0 Å². The molecule has 0 heterocycles. The van der Waals surface area contributed by atoms with Gasteiger partial charge in [0, 0.05) is 0 Å². The Morgan fingerprint density at radius 2 is 1.45 bits per heavy atom. The number of hydrogen-bond donors (Lipinski definition) is 0. The first-order chi connectivity index (χ1) is 5.41. The maximum Gasteiger partial charge on any atom is -0.0348 e. The second-order valence-electron chi connectivity index (χ2n) is 3.15. The van der Waals surface area contributed by atoms with E-state index in [2.05, 4.69) is 6.92 Å². The zero-order valence-corrected chi connectivity index (χ0v) is 7.81. The van der Waals surface area contributed by atoms with E-state index in [1.807, 2.05) is 0 Å². The first kappa shape index (κ1) is 10.7. The van der Waals surface area contributed by atoms with Crippen molar-refractivity contribution < 1.29 is 0 Å². The number of hydrogen-bond acceptors (Lipinski definition) is 0. The summed E-state index contributed by atoms with van der Waals surface area (Å²) in [6.45, 7) is 7.52. The third-order valence-electron chi connectivity index (χ3n) is 1.97. The molecule has 0 saturated carbocycles. The van der Waals surface area contributed by atoms with Gasteiger partial charge < -0.3 is 0 Å². The van der Waals surface area contributed by atoms with Gasteiger partial charge in [-0.2, -0.15) is 0 Å². The minimum Gasteiger partial charge on any atom is -0.0845 e. The van der Waals surface area contributed by atoms with Crippen LogP contribution in [0.25, 0.3) is 0 Å². The smallest absolute Gasteiger partial charge is 0.0348 e. The maximum absolute atomic E-state index is 5.27. The summed E-state index contributed by atoms with van der Waals surface area (Å²) in [6.07, 6.45) is 12.5. The van der Waals surface area contributed by atoms with E-state index in [-0.39, 0.29) is 0 Å². The standard InChI is InChI=1S/C11H21/c1-3-5-7-9-11-10-8-6-4-2/h1,3H,4-11H2,2H3. The summed E-state index contributed by atoms with van der Waals surface area (Å²) in [6, 6.07) is 0. The highest BCUT2D eigenvalue weighted by molar-refractivity contribution is 4.61. The molecule has 0 N–H and O–H groups in total. The van der Waals surface area contributed by atoms with Gasteiger partial charge in [-0.15, -0.1) is 0 Å². The summed E-state index contributed by atoms with van der Waals surface area (Å²) in [7, 11) is 0. The minimum absolute atomic E-state index is 1.09. The summed E-state index contributed by atoms with van der Waals surface area (Å²) in [5, 5.41) is 0. The summed E-state index contributed by atoms with van der Waals surface area (Å²) in [5.41, 5.74) is 0. The largest absolute Gasteiger partial charge is 0.0845 e. The van der Waals surface area contributed by atoms with Crippen molar-refractivity contribution in [2.24, 2.45) is 0 Å². The Hall–Kier alpha value is -0.260. The molecule has 0 aliphatic rings. The molecule has 0 aromatic carbocycles. The summed E-state index contributed by atoms with van der Waals surface area (Å²) >= 11 is 0. The lowest BCUT2D eigenvalue weighted by atomic mass is 10.1. The SMILES string of the molecule is [CH]=CCCCCCCCCC. The number of unbranched alkanes of at least 4 members (excludes halogenated alkanes) is 7. The molecule has 0 heteroatoms. The fraction of sp³-hybridized carbons (Fsp3) is 0.818. The van der Waals surface area contributed by atoms with Crippen molar-refractivity contribution in [2.45, 2.75) is 58.3 Å². The van der Waals surface area contributed by atoms with Gasteiger partial charge in [-0.25, -0.2) is 0 Å². The van der Waals surface area contributed by atoms with Crippen LogP contribution in [0.4, 0.5) is 0 Å². The van der Waals surface area contributed by atoms with Crippen LogP contribution in [0.3, 0.4) is 0 Å². The third-order valence-corrected chi connectivity index (χ3v) is 1.97. The van der Waals surface area contributed by atoms with E-state index in [1.165, 1.54) is 44.9 Å². The summed E-state index contributed by atoms with van der Waals surface area (Å²) < 4.78 is 0. The Bertz CT molecular complexity index is 74.1. The molecule has 0 bridgehead atoms. The molecule has 0 fully saturated rings. The average Bonchev–Trinajstić information content (AvgIpc) is 2.03. The lowest BCUT2D eigenvalue weighted by molar-refractivity contribution is 0.592. The van der Waals surface area contributed by atoms with E-state index >= 15 is 0 Å². The van der Waals surface area contributed by atoms with Crippen LogP contribution in [0.5, 0.6) is 0 Å². The number of rotatable bonds is 8. The van der Waals surface area contributed by atoms with Crippen molar-refractivity contribution in [1.82, 2.24) is 0 Å². The molecule has 11 heavy (non-hydrogen) atoms. The Balaban J connectivity index is 2.74. The second kappa shape index (κ2) is 9.74. The lowest BCUT2D eigenvalue weighted by Crippen LogP contribution is -1.78. The molecule has 0 aromatic heterocycles. The molecule has 0 unspecified atom stereocenters. The Labute approximate surface area is 71.7 Å². The molecule has 0 spiro atoms. The molecular formula is C11H21. The van der Waals surface area contributed by atoms with Crippen molar-refractivity contribution >= 4 is 0 Å². The van der Waals surface area contributed by atoms with E-state index in [1.54, 1.807) is 6.08 Å². The zero-order chi connectivity index (χ0) is 8.36. The van der Waals surface area contributed by atoms with Crippen LogP contribution < -0.4 is 0 Å². The Morgan fingerprint density at radius 1 is 0.909 bits per heavy atom. The minimum atomic E-state index is 1.09. The van der Waals surface area contributed by atoms with Gasteiger partial charge in [-0.05, 0) is 12.8 Å². The van der Waals surface area contributed by atoms with Gasteiger partial charge in [0.15, 0.2) is 0 Å². The molecule has 1 radical (unpaired) electrons. The van der Waals surface area contributed by atoms with Crippen LogP contribution in [-0.2, 0) is 0 Å². The van der Waals surface area contributed by atoms with Gasteiger partial charge in [0.25, 0.3) is 0 Å². The zero-order valence-electron chi connectivity index (χ0n) is 7.81. The third kappa shape index (κ3) is 9.74. The second-order valence-corrected chi connectivity index (χ2v) is 3.15. The van der Waals surface area contributed by atoms with Gasteiger partial charge in [0.1, 0.15) is 0 Å². The highest BCUT2D eigenvalue weighted by Crippen LogP contribution is 2.07. The monoisotopic (exact) mass is 153 g/mol. The van der Waals surface area contributed by atoms with Crippen LogP contribution in [0.2, 0.25) is 0 Å². The van der Waals surface area contributed by atoms with E-state index in [9.17, 15) is 0 Å². The van der Waals surface area contributed by atoms with Gasteiger partial charge in [-0.1, -0.05) is 58.1 Å². The van der Waals surface area contributed by atoms with Crippen LogP contribution >= 0.6 is 0 Å². The quantitative estimate of drug-likeness (QED) is 0.460. The van der Waals surface area contributed by atoms with Crippen molar-refractivity contribution in [3.63, 3.8) is 0 Å². The topological polar surface area (TPSA) is 0 Å². The first-order valence-corrected chi connectivity index (χ1v) is 4.95. The van der Waals surface area contributed by atoms with Crippen molar-refractivity contribution in [1.29, 1.82) is 0 Å². The molecule has 0 saturated heterocycles. The van der Waals surface area contributed by atoms with Crippen LogP contribution in [-0.4, -0.2) is 0 Å². The Kier molecular flexibility index (Phi) is 9.51. The van der Waals surface area contributed by atoms with Crippen molar-refractivity contribution in [2.75, 3.05) is 0 Å². The first-order valence-electron chi connectivity index (χ1n) is 4.95. The molecule has 0 nitrogen and oxygen atoms in total. The molecule has 0 atom stereocenters. The fourth-order valence-corrected chi connectivity index (χ4v) is 1.22. The van der Waals surface area contributed by atoms with Gasteiger partial charge in [0.05, 0.1) is 0 Å². The molecule has 0 aliphatic heterocycles. The summed E-state index contributed by atoms with van der Waals surface area (Å²) in [5.74, 6) is 0. The lowest BCUT2D eigenvalue weighted by Gasteiger charge is -1.98. The molecule has 0 aromatic rings. The van der Waals surface area contributed by atoms with Gasteiger partial charge >= 0.3 is 0 Å². The van der Waals surface area contributed by atoms with E-state index in [4.69, 9.17) is 6.58 Å². The number of allylic oxidation sites excluding steroid dienone is 1. The van der Waals surface area contributed by atoms with E-state index in [0.717, 1.165) is 6.42 Å². The fourth-order valence-electron chi connectivity index (χ4n) is 1.22. The molecular weight excluding hydrogens is 132 g/mol.